The van der Waals surface area contributed by atoms with Crippen molar-refractivity contribution in [3.8, 4) is 0 Å². The van der Waals surface area contributed by atoms with Gasteiger partial charge < -0.3 is 10.6 Å². The molecule has 1 aromatic heterocycles. The van der Waals surface area contributed by atoms with E-state index >= 15 is 0 Å². The van der Waals surface area contributed by atoms with Crippen LogP contribution in [0.4, 0.5) is 5.69 Å². The molecule has 0 radical (unpaired) electrons. The van der Waals surface area contributed by atoms with Gasteiger partial charge in [0.15, 0.2) is 0 Å². The first-order valence-corrected chi connectivity index (χ1v) is 7.05. The van der Waals surface area contributed by atoms with Crippen LogP contribution in [0.2, 0.25) is 0 Å². The van der Waals surface area contributed by atoms with Gasteiger partial charge in [0.25, 0.3) is 5.91 Å². The second-order valence-electron chi connectivity index (χ2n) is 5.46. The van der Waals surface area contributed by atoms with Gasteiger partial charge in [-0.15, -0.1) is 0 Å². The van der Waals surface area contributed by atoms with Gasteiger partial charge in [0.1, 0.15) is 0 Å². The minimum absolute atomic E-state index is 0.0140. The van der Waals surface area contributed by atoms with Crippen molar-refractivity contribution in [2.24, 2.45) is 0 Å². The SMILES string of the molecule is Cc1ccc(C(=O)N(Cc2cccc(N)c2)C(C)C)cn1. The number of nitrogens with zero attached hydrogens (tertiary/aromatic N) is 2. The zero-order valence-electron chi connectivity index (χ0n) is 12.7. The summed E-state index contributed by atoms with van der Waals surface area (Å²) in [6, 6.07) is 11.4. The number of pyridine rings is 1. The van der Waals surface area contributed by atoms with Gasteiger partial charge in [0.2, 0.25) is 0 Å². The lowest BCUT2D eigenvalue weighted by Gasteiger charge is -2.27. The Kier molecular flexibility index (Phi) is 4.58. The number of aryl methyl sites for hydroxylation is 1. The maximum atomic E-state index is 12.6. The molecule has 0 saturated heterocycles. The van der Waals surface area contributed by atoms with Crippen molar-refractivity contribution < 1.29 is 4.79 Å². The van der Waals surface area contributed by atoms with E-state index in [0.29, 0.717) is 17.8 Å². The summed E-state index contributed by atoms with van der Waals surface area (Å²) in [5, 5.41) is 0. The molecular weight excluding hydrogens is 262 g/mol. The Morgan fingerprint density at radius 3 is 2.62 bits per heavy atom. The number of hydrogen-bond acceptors (Lipinski definition) is 3. The molecule has 4 nitrogen and oxygen atoms in total. The van der Waals surface area contributed by atoms with Gasteiger partial charge in [0, 0.05) is 30.2 Å². The van der Waals surface area contributed by atoms with E-state index in [9.17, 15) is 4.79 Å². The number of aromatic nitrogens is 1. The number of nitrogen functional groups attached to an aromatic ring is 1. The number of nitrogens with two attached hydrogens (primary N) is 1. The van der Waals surface area contributed by atoms with Gasteiger partial charge in [-0.2, -0.15) is 0 Å². The number of carbonyl (C=O) groups excluding carboxylic acids is 1. The summed E-state index contributed by atoms with van der Waals surface area (Å²) in [7, 11) is 0. The number of hydrogen-bond donors (Lipinski definition) is 1. The van der Waals surface area contributed by atoms with Crippen LogP contribution < -0.4 is 5.73 Å². The Bertz CT molecular complexity index is 620. The van der Waals surface area contributed by atoms with E-state index in [1.807, 2.05) is 62.1 Å². The molecule has 21 heavy (non-hydrogen) atoms. The molecule has 0 spiro atoms. The molecular formula is C17H21N3O. The van der Waals surface area contributed by atoms with Crippen LogP contribution in [-0.2, 0) is 6.54 Å². The largest absolute Gasteiger partial charge is 0.399 e. The summed E-state index contributed by atoms with van der Waals surface area (Å²) >= 11 is 0. The summed E-state index contributed by atoms with van der Waals surface area (Å²) in [5.41, 5.74) is 9.05. The molecule has 2 rings (SSSR count). The molecule has 110 valence electrons. The van der Waals surface area contributed by atoms with Crippen molar-refractivity contribution in [2.75, 3.05) is 5.73 Å². The van der Waals surface area contributed by atoms with E-state index in [1.54, 1.807) is 6.20 Å². The number of benzene rings is 1. The summed E-state index contributed by atoms with van der Waals surface area (Å²) in [6.07, 6.45) is 1.63. The van der Waals surface area contributed by atoms with Gasteiger partial charge in [-0.3, -0.25) is 9.78 Å². The number of rotatable bonds is 4. The van der Waals surface area contributed by atoms with Gasteiger partial charge >= 0.3 is 0 Å². The third-order valence-electron chi connectivity index (χ3n) is 3.35. The lowest BCUT2D eigenvalue weighted by atomic mass is 10.1. The zero-order chi connectivity index (χ0) is 15.4. The molecule has 0 aliphatic rings. The highest BCUT2D eigenvalue weighted by molar-refractivity contribution is 5.94. The van der Waals surface area contributed by atoms with Gasteiger partial charge in [-0.25, -0.2) is 0 Å². The summed E-state index contributed by atoms with van der Waals surface area (Å²) in [5.74, 6) is -0.0140. The van der Waals surface area contributed by atoms with Gasteiger partial charge in [-0.05, 0) is 50.6 Å². The van der Waals surface area contributed by atoms with E-state index in [-0.39, 0.29) is 11.9 Å². The Morgan fingerprint density at radius 1 is 1.29 bits per heavy atom. The van der Waals surface area contributed by atoms with Crippen LogP contribution in [-0.4, -0.2) is 21.8 Å². The van der Waals surface area contributed by atoms with Crippen LogP contribution in [0.5, 0.6) is 0 Å². The van der Waals surface area contributed by atoms with Crippen LogP contribution in [0, 0.1) is 6.92 Å². The molecule has 0 aliphatic carbocycles. The zero-order valence-corrected chi connectivity index (χ0v) is 12.7. The predicted molar refractivity (Wildman–Crippen MR) is 84.8 cm³/mol. The minimum atomic E-state index is -0.0140. The van der Waals surface area contributed by atoms with Crippen molar-refractivity contribution in [3.05, 3.63) is 59.4 Å². The number of anilines is 1. The fourth-order valence-electron chi connectivity index (χ4n) is 2.14. The second kappa shape index (κ2) is 6.39. The molecule has 1 amide bonds. The molecule has 1 aromatic carbocycles. The smallest absolute Gasteiger partial charge is 0.255 e. The molecule has 2 N–H and O–H groups in total. The normalized spacial score (nSPS) is 10.7. The average Bonchev–Trinajstić information content (AvgIpc) is 2.44. The van der Waals surface area contributed by atoms with E-state index in [1.165, 1.54) is 0 Å². The van der Waals surface area contributed by atoms with Crippen molar-refractivity contribution in [2.45, 2.75) is 33.4 Å². The fraction of sp³-hybridized carbons (Fsp3) is 0.294. The summed E-state index contributed by atoms with van der Waals surface area (Å²) in [6.45, 7) is 6.45. The van der Waals surface area contributed by atoms with Gasteiger partial charge in [-0.1, -0.05) is 12.1 Å². The van der Waals surface area contributed by atoms with Crippen LogP contribution in [0.15, 0.2) is 42.6 Å². The lowest BCUT2D eigenvalue weighted by Crippen LogP contribution is -2.36. The molecule has 0 fully saturated rings. The van der Waals surface area contributed by atoms with Crippen LogP contribution in [0.3, 0.4) is 0 Å². The first kappa shape index (κ1) is 15.0. The van der Waals surface area contributed by atoms with Crippen molar-refractivity contribution in [3.63, 3.8) is 0 Å². The molecule has 0 aliphatic heterocycles. The van der Waals surface area contributed by atoms with E-state index in [4.69, 9.17) is 5.73 Å². The highest BCUT2D eigenvalue weighted by Gasteiger charge is 2.19. The van der Waals surface area contributed by atoms with Crippen molar-refractivity contribution in [1.82, 2.24) is 9.88 Å². The van der Waals surface area contributed by atoms with E-state index in [0.717, 1.165) is 11.3 Å². The first-order valence-electron chi connectivity index (χ1n) is 7.05. The number of carbonyl (C=O) groups is 1. The van der Waals surface area contributed by atoms with Crippen LogP contribution in [0.1, 0.15) is 35.5 Å². The average molecular weight is 283 g/mol. The highest BCUT2D eigenvalue weighted by atomic mass is 16.2. The molecule has 0 saturated carbocycles. The van der Waals surface area contributed by atoms with Crippen LogP contribution in [0.25, 0.3) is 0 Å². The fourth-order valence-corrected chi connectivity index (χ4v) is 2.14. The predicted octanol–water partition coefficient (Wildman–Crippen LogP) is 3.02. The lowest BCUT2D eigenvalue weighted by molar-refractivity contribution is 0.0690. The Morgan fingerprint density at radius 2 is 2.05 bits per heavy atom. The van der Waals surface area contributed by atoms with Crippen LogP contribution >= 0.6 is 0 Å². The summed E-state index contributed by atoms with van der Waals surface area (Å²) in [4.78, 5) is 18.7. The Labute approximate surface area is 125 Å². The maximum Gasteiger partial charge on any atom is 0.255 e. The van der Waals surface area contributed by atoms with Crippen molar-refractivity contribution >= 4 is 11.6 Å². The molecule has 4 heteroatoms. The first-order chi connectivity index (χ1) is 9.97. The quantitative estimate of drug-likeness (QED) is 0.877. The third kappa shape index (κ3) is 3.81. The molecule has 0 bridgehead atoms. The van der Waals surface area contributed by atoms with Gasteiger partial charge in [0.05, 0.1) is 5.56 Å². The monoisotopic (exact) mass is 283 g/mol. The Balaban J connectivity index is 2.22. The van der Waals surface area contributed by atoms with E-state index in [2.05, 4.69) is 4.98 Å². The third-order valence-corrected chi connectivity index (χ3v) is 3.35. The Hall–Kier alpha value is -2.36. The number of amides is 1. The molecule has 0 atom stereocenters. The molecule has 0 unspecified atom stereocenters. The summed E-state index contributed by atoms with van der Waals surface area (Å²) < 4.78 is 0. The standard InChI is InChI=1S/C17H21N3O/c1-12(2)20(11-14-5-4-6-16(18)9-14)17(21)15-8-7-13(3)19-10-15/h4-10,12H,11,18H2,1-3H3. The minimum Gasteiger partial charge on any atom is -0.399 e. The second-order valence-corrected chi connectivity index (χ2v) is 5.46. The maximum absolute atomic E-state index is 12.6. The van der Waals surface area contributed by atoms with E-state index < -0.39 is 0 Å². The topological polar surface area (TPSA) is 59.2 Å². The molecule has 1 heterocycles. The highest BCUT2D eigenvalue weighted by Crippen LogP contribution is 2.15. The van der Waals surface area contributed by atoms with Crippen molar-refractivity contribution in [1.29, 1.82) is 0 Å². The molecule has 2 aromatic rings.